The van der Waals surface area contributed by atoms with Gasteiger partial charge in [-0.2, -0.15) is 17.0 Å². The standard InChI is InChI=1S/C13H21ClN2O2S/c1-10(12-6-8-13(14)9-7-12)11(2)16(5)19(17,18)15(3)4/h6-11H,1-5H3. The Morgan fingerprint density at radius 3 is 1.95 bits per heavy atom. The molecule has 108 valence electrons. The highest BCUT2D eigenvalue weighted by atomic mass is 35.5. The van der Waals surface area contributed by atoms with Crippen molar-refractivity contribution >= 4 is 21.8 Å². The summed E-state index contributed by atoms with van der Waals surface area (Å²) in [5.41, 5.74) is 1.07. The monoisotopic (exact) mass is 304 g/mol. The van der Waals surface area contributed by atoms with Gasteiger partial charge in [0.25, 0.3) is 10.2 Å². The number of hydrogen-bond donors (Lipinski definition) is 0. The highest BCUT2D eigenvalue weighted by Gasteiger charge is 2.29. The summed E-state index contributed by atoms with van der Waals surface area (Å²) in [5.74, 6) is 0.0805. The van der Waals surface area contributed by atoms with Gasteiger partial charge in [-0.05, 0) is 30.5 Å². The fraction of sp³-hybridized carbons (Fsp3) is 0.538. The van der Waals surface area contributed by atoms with Gasteiger partial charge in [-0.1, -0.05) is 30.7 Å². The molecular formula is C13H21ClN2O2S. The predicted octanol–water partition coefficient (Wildman–Crippen LogP) is 2.57. The first-order chi connectivity index (χ1) is 8.67. The molecule has 2 unspecified atom stereocenters. The van der Waals surface area contributed by atoms with Crippen LogP contribution < -0.4 is 0 Å². The van der Waals surface area contributed by atoms with Crippen LogP contribution in [0.2, 0.25) is 5.02 Å². The molecule has 0 radical (unpaired) electrons. The van der Waals surface area contributed by atoms with Crippen molar-refractivity contribution in [3.63, 3.8) is 0 Å². The summed E-state index contributed by atoms with van der Waals surface area (Å²) < 4.78 is 26.8. The van der Waals surface area contributed by atoms with Crippen LogP contribution in [0.15, 0.2) is 24.3 Å². The van der Waals surface area contributed by atoms with E-state index in [0.717, 1.165) is 5.56 Å². The number of likely N-dealkylation sites (N-methyl/N-ethyl adjacent to an activating group) is 1. The number of nitrogens with zero attached hydrogens (tertiary/aromatic N) is 2. The van der Waals surface area contributed by atoms with Crippen molar-refractivity contribution in [3.8, 4) is 0 Å². The van der Waals surface area contributed by atoms with Crippen LogP contribution in [0.5, 0.6) is 0 Å². The van der Waals surface area contributed by atoms with E-state index in [-0.39, 0.29) is 12.0 Å². The number of hydrogen-bond acceptors (Lipinski definition) is 2. The van der Waals surface area contributed by atoms with Crippen molar-refractivity contribution in [2.75, 3.05) is 21.1 Å². The predicted molar refractivity (Wildman–Crippen MR) is 79.7 cm³/mol. The van der Waals surface area contributed by atoms with Crippen LogP contribution in [0.25, 0.3) is 0 Å². The molecule has 2 atom stereocenters. The lowest BCUT2D eigenvalue weighted by Gasteiger charge is -2.31. The number of rotatable bonds is 5. The molecule has 0 bridgehead atoms. The van der Waals surface area contributed by atoms with Gasteiger partial charge >= 0.3 is 0 Å². The zero-order chi connectivity index (χ0) is 14.8. The summed E-state index contributed by atoms with van der Waals surface area (Å²) in [6.07, 6.45) is 0. The summed E-state index contributed by atoms with van der Waals surface area (Å²) in [6, 6.07) is 7.36. The van der Waals surface area contributed by atoms with Crippen LogP contribution in [-0.2, 0) is 10.2 Å². The average molecular weight is 305 g/mol. The van der Waals surface area contributed by atoms with Crippen LogP contribution in [0.3, 0.4) is 0 Å². The van der Waals surface area contributed by atoms with E-state index in [2.05, 4.69) is 0 Å². The first-order valence-corrected chi connectivity index (χ1v) is 7.86. The molecule has 1 rings (SSSR count). The van der Waals surface area contributed by atoms with Crippen LogP contribution in [0, 0.1) is 0 Å². The van der Waals surface area contributed by atoms with E-state index in [1.54, 1.807) is 7.05 Å². The zero-order valence-corrected chi connectivity index (χ0v) is 13.5. The molecule has 0 aliphatic rings. The lowest BCUT2D eigenvalue weighted by Crippen LogP contribution is -2.44. The van der Waals surface area contributed by atoms with Crippen molar-refractivity contribution in [1.82, 2.24) is 8.61 Å². The van der Waals surface area contributed by atoms with Crippen LogP contribution in [0.4, 0.5) is 0 Å². The van der Waals surface area contributed by atoms with Crippen LogP contribution in [0.1, 0.15) is 25.3 Å². The second-order valence-corrected chi connectivity index (χ2v) is 7.53. The highest BCUT2D eigenvalue weighted by molar-refractivity contribution is 7.86. The first kappa shape index (κ1) is 16.4. The minimum Gasteiger partial charge on any atom is -0.195 e. The molecule has 0 aliphatic heterocycles. The Morgan fingerprint density at radius 2 is 1.53 bits per heavy atom. The minimum absolute atomic E-state index is 0.0805. The summed E-state index contributed by atoms with van der Waals surface area (Å²) in [4.78, 5) is 0. The third-order valence-electron chi connectivity index (χ3n) is 3.52. The molecule has 0 N–H and O–H groups in total. The zero-order valence-electron chi connectivity index (χ0n) is 12.0. The topological polar surface area (TPSA) is 40.6 Å². The second kappa shape index (κ2) is 6.22. The van der Waals surface area contributed by atoms with Gasteiger partial charge in [0.05, 0.1) is 0 Å². The van der Waals surface area contributed by atoms with E-state index >= 15 is 0 Å². The Balaban J connectivity index is 2.94. The van der Waals surface area contributed by atoms with Crippen LogP contribution >= 0.6 is 11.6 Å². The molecule has 0 heterocycles. The molecule has 0 saturated heterocycles. The van der Waals surface area contributed by atoms with Gasteiger partial charge in [0.1, 0.15) is 0 Å². The Morgan fingerprint density at radius 1 is 1.05 bits per heavy atom. The Kier molecular flexibility index (Phi) is 5.38. The van der Waals surface area contributed by atoms with Gasteiger partial charge in [0.15, 0.2) is 0 Å². The molecule has 1 aromatic rings. The van der Waals surface area contributed by atoms with E-state index in [4.69, 9.17) is 11.6 Å². The molecule has 0 spiro atoms. The third kappa shape index (κ3) is 3.69. The lowest BCUT2D eigenvalue weighted by molar-refractivity contribution is 0.328. The fourth-order valence-corrected chi connectivity index (χ4v) is 3.07. The normalized spacial score (nSPS) is 15.8. The summed E-state index contributed by atoms with van der Waals surface area (Å²) >= 11 is 5.86. The Labute approximate surface area is 121 Å². The van der Waals surface area contributed by atoms with Crippen molar-refractivity contribution in [3.05, 3.63) is 34.9 Å². The Hall–Kier alpha value is -0.620. The summed E-state index contributed by atoms with van der Waals surface area (Å²) in [5, 5.41) is 0.679. The maximum atomic E-state index is 12.1. The maximum absolute atomic E-state index is 12.1. The molecular weight excluding hydrogens is 284 g/mol. The lowest BCUT2D eigenvalue weighted by atomic mass is 9.95. The molecule has 4 nitrogen and oxygen atoms in total. The molecule has 0 aromatic heterocycles. The molecule has 0 saturated carbocycles. The Bertz CT molecular complexity index is 514. The number of benzene rings is 1. The quantitative estimate of drug-likeness (QED) is 0.839. The first-order valence-electron chi connectivity index (χ1n) is 6.09. The van der Waals surface area contributed by atoms with Gasteiger partial charge in [-0.3, -0.25) is 0 Å². The molecule has 1 aromatic carbocycles. The van der Waals surface area contributed by atoms with Gasteiger partial charge in [0, 0.05) is 32.2 Å². The molecule has 19 heavy (non-hydrogen) atoms. The SMILES string of the molecule is CC(c1ccc(Cl)cc1)C(C)N(C)S(=O)(=O)N(C)C. The van der Waals surface area contributed by atoms with E-state index < -0.39 is 10.2 Å². The van der Waals surface area contributed by atoms with E-state index in [1.165, 1.54) is 22.7 Å². The van der Waals surface area contributed by atoms with E-state index in [1.807, 2.05) is 38.1 Å². The van der Waals surface area contributed by atoms with Crippen molar-refractivity contribution in [1.29, 1.82) is 0 Å². The van der Waals surface area contributed by atoms with Gasteiger partial charge in [-0.25, -0.2) is 0 Å². The number of halogens is 1. The van der Waals surface area contributed by atoms with Crippen molar-refractivity contribution < 1.29 is 8.42 Å². The molecule has 0 aliphatic carbocycles. The minimum atomic E-state index is -3.40. The maximum Gasteiger partial charge on any atom is 0.281 e. The molecule has 0 fully saturated rings. The fourth-order valence-electron chi connectivity index (χ4n) is 1.83. The van der Waals surface area contributed by atoms with Gasteiger partial charge in [-0.15, -0.1) is 0 Å². The molecule has 0 amide bonds. The summed E-state index contributed by atoms with van der Waals surface area (Å²) in [6.45, 7) is 3.91. The van der Waals surface area contributed by atoms with E-state index in [9.17, 15) is 8.42 Å². The van der Waals surface area contributed by atoms with Crippen molar-refractivity contribution in [2.45, 2.75) is 25.8 Å². The highest BCUT2D eigenvalue weighted by Crippen LogP contribution is 2.25. The van der Waals surface area contributed by atoms with Crippen LogP contribution in [-0.4, -0.2) is 44.2 Å². The third-order valence-corrected chi connectivity index (χ3v) is 5.75. The second-order valence-electron chi connectivity index (χ2n) is 4.89. The largest absolute Gasteiger partial charge is 0.281 e. The van der Waals surface area contributed by atoms with Crippen molar-refractivity contribution in [2.24, 2.45) is 0 Å². The van der Waals surface area contributed by atoms with E-state index in [0.29, 0.717) is 5.02 Å². The summed E-state index contributed by atoms with van der Waals surface area (Å²) in [7, 11) is 1.27. The van der Waals surface area contributed by atoms with Gasteiger partial charge in [0.2, 0.25) is 0 Å². The molecule has 6 heteroatoms. The smallest absolute Gasteiger partial charge is 0.195 e. The van der Waals surface area contributed by atoms with Gasteiger partial charge < -0.3 is 0 Å². The average Bonchev–Trinajstić information content (AvgIpc) is 2.36.